The lowest BCUT2D eigenvalue weighted by Crippen LogP contribution is -2.26. The van der Waals surface area contributed by atoms with Gasteiger partial charge >= 0.3 is 0 Å². The summed E-state index contributed by atoms with van der Waals surface area (Å²) >= 11 is 0. The molecular formula is C19H20N2O3. The molecule has 0 saturated heterocycles. The summed E-state index contributed by atoms with van der Waals surface area (Å²) in [6, 6.07) is 15.0. The van der Waals surface area contributed by atoms with E-state index in [1.54, 1.807) is 0 Å². The zero-order chi connectivity index (χ0) is 16.9. The number of aryl methyl sites for hydroxylation is 1. The van der Waals surface area contributed by atoms with Crippen molar-refractivity contribution >= 4 is 10.8 Å². The molecule has 0 aliphatic heterocycles. The molecule has 0 unspecified atom stereocenters. The minimum atomic E-state index is -0.0946. The van der Waals surface area contributed by atoms with Crippen LogP contribution in [0.15, 0.2) is 53.3 Å². The third kappa shape index (κ3) is 3.40. The molecule has 0 fully saturated rings. The summed E-state index contributed by atoms with van der Waals surface area (Å²) in [5.41, 5.74) is 0.742. The zero-order valence-electron chi connectivity index (χ0n) is 13.9. The molecule has 0 saturated carbocycles. The minimum absolute atomic E-state index is 0.0946. The number of fused-ring (bicyclic) bond motifs is 1. The fourth-order valence-corrected chi connectivity index (χ4v) is 2.63. The Kier molecular flexibility index (Phi) is 4.79. The first-order valence-corrected chi connectivity index (χ1v) is 8.01. The van der Waals surface area contributed by atoms with E-state index in [0.29, 0.717) is 30.9 Å². The number of hydrogen-bond acceptors (Lipinski definition) is 4. The van der Waals surface area contributed by atoms with Crippen LogP contribution in [0.5, 0.6) is 11.5 Å². The van der Waals surface area contributed by atoms with Gasteiger partial charge in [0.05, 0.1) is 24.2 Å². The molecule has 1 heterocycles. The standard InChI is InChI=1S/C19H20N2O3/c1-3-23-15-7-6-8-16(13-15)24-12-11-21-19(22)18-10-5-4-9-17(18)14(2)20-21/h4-10,13H,3,11-12H2,1-2H3. The van der Waals surface area contributed by atoms with Gasteiger partial charge < -0.3 is 9.47 Å². The summed E-state index contributed by atoms with van der Waals surface area (Å²) in [6.07, 6.45) is 0. The summed E-state index contributed by atoms with van der Waals surface area (Å²) in [5, 5.41) is 5.95. The predicted molar refractivity (Wildman–Crippen MR) is 93.8 cm³/mol. The highest BCUT2D eigenvalue weighted by atomic mass is 16.5. The highest BCUT2D eigenvalue weighted by Crippen LogP contribution is 2.19. The van der Waals surface area contributed by atoms with Gasteiger partial charge in [0.15, 0.2) is 0 Å². The quantitative estimate of drug-likeness (QED) is 0.699. The second kappa shape index (κ2) is 7.17. The Bertz CT molecular complexity index is 902. The van der Waals surface area contributed by atoms with Crippen molar-refractivity contribution in [1.82, 2.24) is 9.78 Å². The van der Waals surface area contributed by atoms with E-state index in [0.717, 1.165) is 16.8 Å². The van der Waals surface area contributed by atoms with Crippen molar-refractivity contribution in [2.75, 3.05) is 13.2 Å². The van der Waals surface area contributed by atoms with Gasteiger partial charge in [0.1, 0.15) is 18.1 Å². The minimum Gasteiger partial charge on any atom is -0.494 e. The lowest BCUT2D eigenvalue weighted by atomic mass is 10.1. The van der Waals surface area contributed by atoms with Crippen molar-refractivity contribution in [2.24, 2.45) is 0 Å². The van der Waals surface area contributed by atoms with Crippen molar-refractivity contribution < 1.29 is 9.47 Å². The number of benzene rings is 2. The first kappa shape index (κ1) is 16.1. The van der Waals surface area contributed by atoms with Gasteiger partial charge in [-0.2, -0.15) is 5.10 Å². The number of aromatic nitrogens is 2. The second-order valence-corrected chi connectivity index (χ2v) is 5.42. The monoisotopic (exact) mass is 324 g/mol. The first-order chi connectivity index (χ1) is 11.7. The average molecular weight is 324 g/mol. The molecule has 0 N–H and O–H groups in total. The molecule has 124 valence electrons. The van der Waals surface area contributed by atoms with Crippen LogP contribution in [0.25, 0.3) is 10.8 Å². The largest absolute Gasteiger partial charge is 0.494 e. The van der Waals surface area contributed by atoms with E-state index in [2.05, 4.69) is 5.10 Å². The Labute approximate surface area is 140 Å². The van der Waals surface area contributed by atoms with Gasteiger partial charge in [-0.15, -0.1) is 0 Å². The molecule has 0 amide bonds. The van der Waals surface area contributed by atoms with Crippen molar-refractivity contribution in [3.05, 3.63) is 64.6 Å². The molecule has 0 radical (unpaired) electrons. The highest BCUT2D eigenvalue weighted by molar-refractivity contribution is 5.83. The van der Waals surface area contributed by atoms with E-state index in [1.165, 1.54) is 4.68 Å². The van der Waals surface area contributed by atoms with Crippen LogP contribution in [0.1, 0.15) is 12.6 Å². The molecule has 0 atom stereocenters. The lowest BCUT2D eigenvalue weighted by molar-refractivity contribution is 0.284. The molecule has 5 heteroatoms. The van der Waals surface area contributed by atoms with Gasteiger partial charge in [-0.05, 0) is 32.0 Å². The van der Waals surface area contributed by atoms with E-state index < -0.39 is 0 Å². The topological polar surface area (TPSA) is 53.4 Å². The molecule has 24 heavy (non-hydrogen) atoms. The molecular weight excluding hydrogens is 304 g/mol. The summed E-state index contributed by atoms with van der Waals surface area (Å²) < 4.78 is 12.6. The molecule has 2 aromatic carbocycles. The maximum absolute atomic E-state index is 12.5. The summed E-state index contributed by atoms with van der Waals surface area (Å²) in [4.78, 5) is 12.5. The Morgan fingerprint density at radius 1 is 1.00 bits per heavy atom. The van der Waals surface area contributed by atoms with Crippen molar-refractivity contribution in [1.29, 1.82) is 0 Å². The van der Waals surface area contributed by atoms with Crippen LogP contribution < -0.4 is 15.0 Å². The van der Waals surface area contributed by atoms with Crippen LogP contribution in [-0.2, 0) is 6.54 Å². The van der Waals surface area contributed by atoms with Gasteiger partial charge in [0.25, 0.3) is 5.56 Å². The lowest BCUT2D eigenvalue weighted by Gasteiger charge is -2.11. The SMILES string of the molecule is CCOc1cccc(OCCn2nc(C)c3ccccc3c2=O)c1. The van der Waals surface area contributed by atoms with Crippen LogP contribution in [0.3, 0.4) is 0 Å². The highest BCUT2D eigenvalue weighted by Gasteiger charge is 2.07. The molecule has 3 aromatic rings. The number of ether oxygens (including phenoxy) is 2. The van der Waals surface area contributed by atoms with Crippen molar-refractivity contribution in [3.63, 3.8) is 0 Å². The Balaban J connectivity index is 1.73. The number of hydrogen-bond donors (Lipinski definition) is 0. The molecule has 0 bridgehead atoms. The number of nitrogens with zero attached hydrogens (tertiary/aromatic N) is 2. The molecule has 3 rings (SSSR count). The van der Waals surface area contributed by atoms with Gasteiger partial charge in [0.2, 0.25) is 0 Å². The normalized spacial score (nSPS) is 10.8. The van der Waals surface area contributed by atoms with E-state index in [9.17, 15) is 4.79 Å². The van der Waals surface area contributed by atoms with Crippen LogP contribution in [-0.4, -0.2) is 23.0 Å². The van der Waals surface area contributed by atoms with Crippen molar-refractivity contribution in [2.45, 2.75) is 20.4 Å². The average Bonchev–Trinajstić information content (AvgIpc) is 2.60. The zero-order valence-corrected chi connectivity index (χ0v) is 13.9. The van der Waals surface area contributed by atoms with Crippen molar-refractivity contribution in [3.8, 4) is 11.5 Å². The molecule has 0 aliphatic rings. The molecule has 0 spiro atoms. The Hall–Kier alpha value is -2.82. The van der Waals surface area contributed by atoms with Gasteiger partial charge in [0, 0.05) is 11.5 Å². The van der Waals surface area contributed by atoms with E-state index >= 15 is 0 Å². The Morgan fingerprint density at radius 2 is 1.71 bits per heavy atom. The van der Waals surface area contributed by atoms with Gasteiger partial charge in [-0.25, -0.2) is 4.68 Å². The predicted octanol–water partition coefficient (Wildman–Crippen LogP) is 3.18. The number of rotatable bonds is 6. The summed E-state index contributed by atoms with van der Waals surface area (Å²) in [5.74, 6) is 1.48. The maximum Gasteiger partial charge on any atom is 0.274 e. The maximum atomic E-state index is 12.5. The van der Waals surface area contributed by atoms with Crippen LogP contribution in [0, 0.1) is 6.92 Å². The third-order valence-corrected chi connectivity index (χ3v) is 3.74. The van der Waals surface area contributed by atoms with Crippen LogP contribution >= 0.6 is 0 Å². The second-order valence-electron chi connectivity index (χ2n) is 5.42. The van der Waals surface area contributed by atoms with Gasteiger partial charge in [-0.3, -0.25) is 4.79 Å². The molecule has 0 aliphatic carbocycles. The first-order valence-electron chi connectivity index (χ1n) is 8.01. The fourth-order valence-electron chi connectivity index (χ4n) is 2.63. The molecule has 5 nitrogen and oxygen atoms in total. The third-order valence-electron chi connectivity index (χ3n) is 3.74. The van der Waals surface area contributed by atoms with Gasteiger partial charge in [-0.1, -0.05) is 24.3 Å². The fraction of sp³-hybridized carbons (Fsp3) is 0.263. The van der Waals surface area contributed by atoms with E-state index in [4.69, 9.17) is 9.47 Å². The van der Waals surface area contributed by atoms with Crippen LogP contribution in [0.2, 0.25) is 0 Å². The Morgan fingerprint density at radius 3 is 2.46 bits per heavy atom. The van der Waals surface area contributed by atoms with E-state index in [1.807, 2.05) is 62.4 Å². The molecule has 1 aromatic heterocycles. The van der Waals surface area contributed by atoms with Crippen LogP contribution in [0.4, 0.5) is 0 Å². The van der Waals surface area contributed by atoms with E-state index in [-0.39, 0.29) is 5.56 Å². The smallest absolute Gasteiger partial charge is 0.274 e. The summed E-state index contributed by atoms with van der Waals surface area (Å²) in [7, 11) is 0. The summed E-state index contributed by atoms with van der Waals surface area (Å²) in [6.45, 7) is 5.21.